The van der Waals surface area contributed by atoms with Gasteiger partial charge < -0.3 is 20.8 Å². The lowest BCUT2D eigenvalue weighted by molar-refractivity contribution is -0.148. The van der Waals surface area contributed by atoms with Gasteiger partial charge in [0.05, 0.1) is 12.1 Å². The van der Waals surface area contributed by atoms with Crippen molar-refractivity contribution in [3.8, 4) is 0 Å². The Morgan fingerprint density at radius 3 is 2.71 bits per heavy atom. The summed E-state index contributed by atoms with van der Waals surface area (Å²) in [5.41, 5.74) is 5.73. The number of amides is 1. The van der Waals surface area contributed by atoms with Crippen LogP contribution >= 0.6 is 0 Å². The number of carbonyl (C=O) groups is 2. The zero-order valence-corrected chi connectivity index (χ0v) is 10.0. The number of aliphatic carboxylic acids is 1. The molecule has 1 heterocycles. The molecule has 6 heteroatoms. The number of carbonyl (C=O) groups excluding carboxylic acids is 1. The molecule has 17 heavy (non-hydrogen) atoms. The molecule has 4 N–H and O–H groups in total. The van der Waals surface area contributed by atoms with Crippen LogP contribution in [0.3, 0.4) is 0 Å². The maximum atomic E-state index is 11.9. The number of aliphatic hydroxyl groups is 1. The molecule has 1 unspecified atom stereocenters. The van der Waals surface area contributed by atoms with Gasteiger partial charge in [0.2, 0.25) is 5.91 Å². The van der Waals surface area contributed by atoms with Crippen molar-refractivity contribution >= 4 is 11.9 Å². The number of unbranched alkanes of at least 4 members (excludes halogenated alkanes) is 1. The highest BCUT2D eigenvalue weighted by atomic mass is 16.4. The van der Waals surface area contributed by atoms with Gasteiger partial charge in [0.15, 0.2) is 0 Å². The van der Waals surface area contributed by atoms with E-state index in [9.17, 15) is 14.7 Å². The second kappa shape index (κ2) is 5.97. The van der Waals surface area contributed by atoms with Crippen LogP contribution in [0, 0.1) is 0 Å². The zero-order chi connectivity index (χ0) is 13.0. The molecular weight excluding hydrogens is 224 g/mol. The SMILES string of the molecule is CCCCC(N)C(=O)N1C[C@H](O)C[C@@H]1C(=O)O. The molecule has 1 amide bonds. The topological polar surface area (TPSA) is 104 Å². The van der Waals surface area contributed by atoms with E-state index in [2.05, 4.69) is 0 Å². The van der Waals surface area contributed by atoms with Crippen molar-refractivity contribution in [3.05, 3.63) is 0 Å². The summed E-state index contributed by atoms with van der Waals surface area (Å²) < 4.78 is 0. The smallest absolute Gasteiger partial charge is 0.326 e. The standard InChI is InChI=1S/C11H20N2O4/c1-2-3-4-8(12)10(15)13-6-7(14)5-9(13)11(16)17/h7-9,14H,2-6,12H2,1H3,(H,16,17)/t7-,8?,9-/m1/s1. The minimum atomic E-state index is -1.09. The van der Waals surface area contributed by atoms with Crippen molar-refractivity contribution in [1.29, 1.82) is 0 Å². The van der Waals surface area contributed by atoms with Crippen LogP contribution in [0.1, 0.15) is 32.6 Å². The van der Waals surface area contributed by atoms with Crippen LogP contribution in [0.15, 0.2) is 0 Å². The largest absolute Gasteiger partial charge is 0.480 e. The molecule has 3 atom stereocenters. The number of hydrogen-bond acceptors (Lipinski definition) is 4. The second-order valence-corrected chi connectivity index (χ2v) is 4.48. The van der Waals surface area contributed by atoms with E-state index < -0.39 is 24.2 Å². The predicted octanol–water partition coefficient (Wildman–Crippen LogP) is -0.450. The Kier molecular flexibility index (Phi) is 4.89. The summed E-state index contributed by atoms with van der Waals surface area (Å²) in [5.74, 6) is -1.46. The molecule has 1 saturated heterocycles. The van der Waals surface area contributed by atoms with Gasteiger partial charge in [-0.25, -0.2) is 4.79 Å². The number of nitrogens with zero attached hydrogens (tertiary/aromatic N) is 1. The molecule has 1 rings (SSSR count). The summed E-state index contributed by atoms with van der Waals surface area (Å²) in [6, 6.07) is -1.60. The van der Waals surface area contributed by atoms with Crippen molar-refractivity contribution in [2.24, 2.45) is 5.73 Å². The molecule has 6 nitrogen and oxygen atoms in total. The van der Waals surface area contributed by atoms with E-state index in [0.29, 0.717) is 6.42 Å². The predicted molar refractivity (Wildman–Crippen MR) is 61.3 cm³/mol. The lowest BCUT2D eigenvalue weighted by Gasteiger charge is -2.24. The second-order valence-electron chi connectivity index (χ2n) is 4.48. The maximum absolute atomic E-state index is 11.9. The van der Waals surface area contributed by atoms with Gasteiger partial charge >= 0.3 is 5.97 Å². The van der Waals surface area contributed by atoms with Gasteiger partial charge in [0.25, 0.3) is 0 Å². The molecule has 0 aromatic rings. The molecule has 0 radical (unpaired) electrons. The number of nitrogens with two attached hydrogens (primary N) is 1. The number of aliphatic hydroxyl groups excluding tert-OH is 1. The molecule has 0 bridgehead atoms. The molecule has 0 aromatic heterocycles. The van der Waals surface area contributed by atoms with E-state index >= 15 is 0 Å². The fraction of sp³-hybridized carbons (Fsp3) is 0.818. The number of carboxylic acids is 1. The summed E-state index contributed by atoms with van der Waals surface area (Å²) in [6.45, 7) is 2.06. The van der Waals surface area contributed by atoms with Crippen molar-refractivity contribution in [3.63, 3.8) is 0 Å². The minimum Gasteiger partial charge on any atom is -0.480 e. The van der Waals surface area contributed by atoms with Gasteiger partial charge in [-0.2, -0.15) is 0 Å². The maximum Gasteiger partial charge on any atom is 0.326 e. The first kappa shape index (κ1) is 13.9. The Balaban J connectivity index is 2.63. The molecule has 1 aliphatic rings. The van der Waals surface area contributed by atoms with Crippen LogP contribution in [0.2, 0.25) is 0 Å². The Labute approximate surface area is 100 Å². The molecule has 1 aliphatic heterocycles. The zero-order valence-electron chi connectivity index (χ0n) is 10.0. The highest BCUT2D eigenvalue weighted by molar-refractivity contribution is 5.87. The number of likely N-dealkylation sites (tertiary alicyclic amines) is 1. The molecular formula is C11H20N2O4. The first-order chi connectivity index (χ1) is 7.97. The third-order valence-electron chi connectivity index (χ3n) is 3.03. The first-order valence-electron chi connectivity index (χ1n) is 5.94. The van der Waals surface area contributed by atoms with Gasteiger partial charge in [-0.3, -0.25) is 4.79 Å². The van der Waals surface area contributed by atoms with Crippen LogP contribution in [0.5, 0.6) is 0 Å². The lowest BCUT2D eigenvalue weighted by Crippen LogP contribution is -2.48. The highest BCUT2D eigenvalue weighted by Crippen LogP contribution is 2.19. The number of β-amino-alcohol motifs (C(OH)–C–C–N with tert-alkyl or cyclic N) is 1. The third kappa shape index (κ3) is 3.41. The Morgan fingerprint density at radius 2 is 2.18 bits per heavy atom. The van der Waals surface area contributed by atoms with E-state index in [0.717, 1.165) is 12.8 Å². The molecule has 1 fully saturated rings. The number of hydrogen-bond donors (Lipinski definition) is 3. The summed E-state index contributed by atoms with van der Waals surface area (Å²) >= 11 is 0. The van der Waals surface area contributed by atoms with Gasteiger partial charge in [0, 0.05) is 13.0 Å². The average Bonchev–Trinajstić information content (AvgIpc) is 2.67. The normalized spacial score (nSPS) is 25.9. The fourth-order valence-corrected chi connectivity index (χ4v) is 2.05. The average molecular weight is 244 g/mol. The van der Waals surface area contributed by atoms with Crippen LogP contribution in [-0.2, 0) is 9.59 Å². The van der Waals surface area contributed by atoms with Crippen LogP contribution in [-0.4, -0.2) is 51.7 Å². The van der Waals surface area contributed by atoms with E-state index in [1.165, 1.54) is 4.90 Å². The summed E-state index contributed by atoms with van der Waals surface area (Å²) in [6.07, 6.45) is 1.64. The van der Waals surface area contributed by atoms with Gasteiger partial charge in [-0.05, 0) is 6.42 Å². The summed E-state index contributed by atoms with van der Waals surface area (Å²) in [4.78, 5) is 24.1. The van der Waals surface area contributed by atoms with Gasteiger partial charge in [-0.15, -0.1) is 0 Å². The number of rotatable bonds is 5. The lowest BCUT2D eigenvalue weighted by atomic mass is 10.1. The first-order valence-corrected chi connectivity index (χ1v) is 5.94. The molecule has 98 valence electrons. The Bertz CT molecular complexity index is 295. The molecule has 0 spiro atoms. The fourth-order valence-electron chi connectivity index (χ4n) is 2.05. The van der Waals surface area contributed by atoms with E-state index in [-0.39, 0.29) is 18.9 Å². The monoisotopic (exact) mass is 244 g/mol. The highest BCUT2D eigenvalue weighted by Gasteiger charge is 2.40. The number of carboxylic acid groups (broad SMARTS) is 1. The third-order valence-corrected chi connectivity index (χ3v) is 3.03. The van der Waals surface area contributed by atoms with Crippen molar-refractivity contribution in [2.75, 3.05) is 6.54 Å². The quantitative estimate of drug-likeness (QED) is 0.607. The van der Waals surface area contributed by atoms with Crippen LogP contribution < -0.4 is 5.73 Å². The van der Waals surface area contributed by atoms with Crippen molar-refractivity contribution in [1.82, 2.24) is 4.90 Å². The van der Waals surface area contributed by atoms with Gasteiger partial charge in [0.1, 0.15) is 6.04 Å². The van der Waals surface area contributed by atoms with E-state index in [1.807, 2.05) is 6.92 Å². The van der Waals surface area contributed by atoms with Crippen molar-refractivity contribution < 1.29 is 19.8 Å². The molecule has 0 saturated carbocycles. The summed E-state index contributed by atoms with van der Waals surface area (Å²) in [7, 11) is 0. The Morgan fingerprint density at radius 1 is 1.53 bits per heavy atom. The van der Waals surface area contributed by atoms with Crippen LogP contribution in [0.4, 0.5) is 0 Å². The van der Waals surface area contributed by atoms with E-state index in [1.54, 1.807) is 0 Å². The summed E-state index contributed by atoms with van der Waals surface area (Å²) in [5, 5.41) is 18.4. The van der Waals surface area contributed by atoms with Crippen molar-refractivity contribution in [2.45, 2.75) is 50.8 Å². The molecule has 0 aromatic carbocycles. The Hall–Kier alpha value is -1.14. The minimum absolute atomic E-state index is 0.0651. The van der Waals surface area contributed by atoms with Crippen LogP contribution in [0.25, 0.3) is 0 Å². The molecule has 0 aliphatic carbocycles. The van der Waals surface area contributed by atoms with E-state index in [4.69, 9.17) is 10.8 Å². The van der Waals surface area contributed by atoms with Gasteiger partial charge in [-0.1, -0.05) is 19.8 Å².